The van der Waals surface area contributed by atoms with Crippen LogP contribution in [-0.2, 0) is 6.54 Å². The first-order valence-electron chi connectivity index (χ1n) is 11.9. The average Bonchev–Trinajstić information content (AvgIpc) is 3.31. The van der Waals surface area contributed by atoms with E-state index in [2.05, 4.69) is 35.2 Å². The van der Waals surface area contributed by atoms with Crippen LogP contribution < -0.4 is 10.1 Å². The highest BCUT2D eigenvalue weighted by atomic mass is 16.5. The molecular formula is C28H31N5O2. The Kier molecular flexibility index (Phi) is 6.53. The highest BCUT2D eigenvalue weighted by molar-refractivity contribution is 6.05. The Morgan fingerprint density at radius 1 is 1.06 bits per heavy atom. The summed E-state index contributed by atoms with van der Waals surface area (Å²) in [6.45, 7) is 6.81. The van der Waals surface area contributed by atoms with Crippen LogP contribution in [0.25, 0.3) is 16.9 Å². The van der Waals surface area contributed by atoms with Crippen LogP contribution >= 0.6 is 0 Å². The summed E-state index contributed by atoms with van der Waals surface area (Å²) >= 11 is 0. The number of piperazine rings is 1. The van der Waals surface area contributed by atoms with Crippen molar-refractivity contribution in [2.45, 2.75) is 13.5 Å². The lowest BCUT2D eigenvalue weighted by Gasteiger charge is -2.32. The zero-order valence-electron chi connectivity index (χ0n) is 20.5. The molecule has 180 valence electrons. The topological polar surface area (TPSA) is 62.1 Å². The summed E-state index contributed by atoms with van der Waals surface area (Å²) in [6, 6.07) is 17.6. The van der Waals surface area contributed by atoms with Crippen molar-refractivity contribution in [1.82, 2.24) is 19.2 Å². The second kappa shape index (κ2) is 9.90. The molecule has 0 aliphatic carbocycles. The van der Waals surface area contributed by atoms with E-state index in [1.807, 2.05) is 65.3 Å². The number of nitrogens with one attached hydrogen (secondary N) is 1. The molecule has 35 heavy (non-hydrogen) atoms. The van der Waals surface area contributed by atoms with Gasteiger partial charge in [-0.2, -0.15) is 0 Å². The molecule has 7 heteroatoms. The van der Waals surface area contributed by atoms with Crippen LogP contribution in [0.1, 0.15) is 21.5 Å². The Morgan fingerprint density at radius 2 is 1.83 bits per heavy atom. The molecule has 2 aromatic heterocycles. The van der Waals surface area contributed by atoms with Crippen molar-refractivity contribution in [3.8, 4) is 17.0 Å². The van der Waals surface area contributed by atoms with E-state index in [1.54, 1.807) is 7.11 Å². The van der Waals surface area contributed by atoms with Gasteiger partial charge in [0.2, 0.25) is 0 Å². The molecule has 1 aliphatic rings. The Balaban J connectivity index is 1.33. The van der Waals surface area contributed by atoms with Crippen LogP contribution in [0.5, 0.6) is 5.75 Å². The lowest BCUT2D eigenvalue weighted by molar-refractivity contribution is 0.102. The third-order valence-electron chi connectivity index (χ3n) is 6.66. The number of anilines is 1. The van der Waals surface area contributed by atoms with E-state index in [4.69, 9.17) is 9.72 Å². The third kappa shape index (κ3) is 5.06. The summed E-state index contributed by atoms with van der Waals surface area (Å²) in [4.78, 5) is 22.7. The Morgan fingerprint density at radius 3 is 2.54 bits per heavy atom. The predicted octanol–water partition coefficient (Wildman–Crippen LogP) is 4.32. The minimum Gasteiger partial charge on any atom is -0.497 e. The number of pyridine rings is 1. The SMILES string of the molecule is COc1ccc(C(=O)Nc2ccc(-c3cn4cccc(C)c4n3)cc2)c(CN2CCN(C)CC2)c1. The van der Waals surface area contributed by atoms with Gasteiger partial charge in [-0.25, -0.2) is 4.98 Å². The van der Waals surface area contributed by atoms with E-state index in [0.29, 0.717) is 5.56 Å². The number of aromatic nitrogens is 2. The number of amides is 1. The quantitative estimate of drug-likeness (QED) is 0.456. The van der Waals surface area contributed by atoms with Gasteiger partial charge in [0.05, 0.1) is 12.8 Å². The Hall–Kier alpha value is -3.68. The zero-order chi connectivity index (χ0) is 24.4. The molecule has 5 rings (SSSR count). The zero-order valence-corrected chi connectivity index (χ0v) is 20.5. The maximum atomic E-state index is 13.2. The lowest BCUT2D eigenvalue weighted by atomic mass is 10.0. The van der Waals surface area contributed by atoms with Gasteiger partial charge in [0.1, 0.15) is 11.4 Å². The third-order valence-corrected chi connectivity index (χ3v) is 6.66. The first-order chi connectivity index (χ1) is 17.0. The number of hydrogen-bond acceptors (Lipinski definition) is 5. The molecule has 1 N–H and O–H groups in total. The number of rotatable bonds is 6. The molecule has 1 amide bonds. The molecule has 3 heterocycles. The summed E-state index contributed by atoms with van der Waals surface area (Å²) in [7, 11) is 3.80. The van der Waals surface area contributed by atoms with E-state index < -0.39 is 0 Å². The number of ether oxygens (including phenoxy) is 1. The maximum absolute atomic E-state index is 13.2. The molecule has 2 aromatic carbocycles. The molecule has 1 aliphatic heterocycles. The van der Waals surface area contributed by atoms with Crippen molar-refractivity contribution in [1.29, 1.82) is 0 Å². The number of carbonyl (C=O) groups excluding carboxylic acids is 1. The van der Waals surface area contributed by atoms with Gasteiger partial charge in [0, 0.05) is 61.9 Å². The van der Waals surface area contributed by atoms with Crippen LogP contribution in [0.4, 0.5) is 5.69 Å². The summed E-state index contributed by atoms with van der Waals surface area (Å²) in [5.74, 6) is 0.644. The van der Waals surface area contributed by atoms with Crippen LogP contribution in [0.3, 0.4) is 0 Å². The van der Waals surface area contributed by atoms with Crippen LogP contribution in [-0.4, -0.2) is 65.4 Å². The monoisotopic (exact) mass is 469 g/mol. The number of carbonyl (C=O) groups is 1. The van der Waals surface area contributed by atoms with Crippen molar-refractivity contribution >= 4 is 17.2 Å². The molecule has 4 aromatic rings. The van der Waals surface area contributed by atoms with E-state index in [9.17, 15) is 4.79 Å². The van der Waals surface area contributed by atoms with Crippen LogP contribution in [0.15, 0.2) is 67.0 Å². The van der Waals surface area contributed by atoms with Crippen molar-refractivity contribution < 1.29 is 9.53 Å². The fraction of sp³-hybridized carbons (Fsp3) is 0.286. The van der Waals surface area contributed by atoms with Gasteiger partial charge in [-0.1, -0.05) is 18.2 Å². The summed E-state index contributed by atoms with van der Waals surface area (Å²) < 4.78 is 7.47. The van der Waals surface area contributed by atoms with E-state index in [-0.39, 0.29) is 5.91 Å². The fourth-order valence-corrected chi connectivity index (χ4v) is 4.51. The van der Waals surface area contributed by atoms with Crippen molar-refractivity contribution in [2.24, 2.45) is 0 Å². The molecule has 7 nitrogen and oxygen atoms in total. The first kappa shape index (κ1) is 23.1. The van der Waals surface area contributed by atoms with Gasteiger partial charge in [-0.3, -0.25) is 9.69 Å². The number of hydrogen-bond donors (Lipinski definition) is 1. The fourth-order valence-electron chi connectivity index (χ4n) is 4.51. The number of aryl methyl sites for hydroxylation is 1. The number of likely N-dealkylation sites (N-methyl/N-ethyl adjacent to an activating group) is 1. The number of nitrogens with zero attached hydrogens (tertiary/aromatic N) is 4. The van der Waals surface area contributed by atoms with Gasteiger partial charge in [-0.05, 0) is 61.5 Å². The molecule has 1 saturated heterocycles. The second-order valence-electron chi connectivity index (χ2n) is 9.18. The Bertz CT molecular complexity index is 1340. The summed E-state index contributed by atoms with van der Waals surface area (Å²) in [6.07, 6.45) is 4.03. The number of imidazole rings is 1. The van der Waals surface area contributed by atoms with E-state index in [1.165, 1.54) is 0 Å². The first-order valence-corrected chi connectivity index (χ1v) is 11.9. The minimum absolute atomic E-state index is 0.118. The van der Waals surface area contributed by atoms with Crippen molar-refractivity contribution in [3.05, 3.63) is 83.7 Å². The van der Waals surface area contributed by atoms with Gasteiger partial charge >= 0.3 is 0 Å². The van der Waals surface area contributed by atoms with Gasteiger partial charge in [-0.15, -0.1) is 0 Å². The summed E-state index contributed by atoms with van der Waals surface area (Å²) in [5, 5.41) is 3.06. The van der Waals surface area contributed by atoms with Crippen LogP contribution in [0.2, 0.25) is 0 Å². The van der Waals surface area contributed by atoms with Crippen molar-refractivity contribution in [2.75, 3.05) is 45.7 Å². The molecule has 0 bridgehead atoms. The molecule has 0 radical (unpaired) electrons. The van der Waals surface area contributed by atoms with Crippen molar-refractivity contribution in [3.63, 3.8) is 0 Å². The number of methoxy groups -OCH3 is 1. The Labute approximate surface area is 206 Å². The second-order valence-corrected chi connectivity index (χ2v) is 9.18. The maximum Gasteiger partial charge on any atom is 0.255 e. The average molecular weight is 470 g/mol. The predicted molar refractivity (Wildman–Crippen MR) is 139 cm³/mol. The highest BCUT2D eigenvalue weighted by Gasteiger charge is 2.19. The van der Waals surface area contributed by atoms with E-state index >= 15 is 0 Å². The molecule has 0 spiro atoms. The molecule has 1 fully saturated rings. The molecule has 0 atom stereocenters. The largest absolute Gasteiger partial charge is 0.497 e. The molecular weight excluding hydrogens is 438 g/mol. The van der Waals surface area contributed by atoms with Gasteiger partial charge in [0.15, 0.2) is 0 Å². The van der Waals surface area contributed by atoms with E-state index in [0.717, 1.165) is 72.2 Å². The van der Waals surface area contributed by atoms with Crippen LogP contribution in [0, 0.1) is 6.92 Å². The highest BCUT2D eigenvalue weighted by Crippen LogP contribution is 2.24. The molecule has 0 saturated carbocycles. The molecule has 0 unspecified atom stereocenters. The number of fused-ring (bicyclic) bond motifs is 1. The lowest BCUT2D eigenvalue weighted by Crippen LogP contribution is -2.44. The standard InChI is InChI=1S/C28H31N5O2/c1-20-5-4-12-33-19-26(30-27(20)33)21-6-8-23(9-7-21)29-28(34)25-11-10-24(35-3)17-22(25)18-32-15-13-31(2)14-16-32/h4-12,17,19H,13-16,18H2,1-3H3,(H,29,34). The normalized spacial score (nSPS) is 14.8. The smallest absolute Gasteiger partial charge is 0.255 e. The number of benzene rings is 2. The van der Waals surface area contributed by atoms with Gasteiger partial charge in [0.25, 0.3) is 5.91 Å². The minimum atomic E-state index is -0.118. The summed E-state index contributed by atoms with van der Waals surface area (Å²) in [5.41, 5.74) is 6.39. The van der Waals surface area contributed by atoms with Gasteiger partial charge < -0.3 is 19.4 Å².